The molecule has 0 unspecified atom stereocenters. The number of nitrogen functional groups attached to an aromatic ring is 1. The molecule has 0 radical (unpaired) electrons. The maximum Gasteiger partial charge on any atom is 0.358 e. The van der Waals surface area contributed by atoms with Crippen LogP contribution in [0.15, 0.2) is 34.0 Å². The molecule has 1 aromatic rings. The molecule has 3 N–H and O–H groups in total. The Morgan fingerprint density at radius 3 is 2.58 bits per heavy atom. The fourth-order valence-electron chi connectivity index (χ4n) is 3.44. The zero-order valence-corrected chi connectivity index (χ0v) is 24.1. The van der Waals surface area contributed by atoms with Crippen LogP contribution in [0.3, 0.4) is 0 Å². The van der Waals surface area contributed by atoms with Gasteiger partial charge in [-0.1, -0.05) is 11.2 Å². The van der Waals surface area contributed by atoms with Gasteiger partial charge in [0, 0.05) is 18.1 Å². The molecule has 0 spiro atoms. The third-order valence-corrected chi connectivity index (χ3v) is 7.31. The molecule has 3 rings (SSSR count). The molecule has 0 aromatic carbocycles. The summed E-state index contributed by atoms with van der Waals surface area (Å²) in [7, 11) is 1.26. The molecule has 3 heterocycles. The number of hydrogen-bond acceptors (Lipinski definition) is 14. The Kier molecular flexibility index (Phi) is 9.92. The number of amides is 2. The van der Waals surface area contributed by atoms with Crippen LogP contribution in [0.25, 0.3) is 0 Å². The first-order chi connectivity index (χ1) is 18.8. The number of carbonyl (C=O) groups is 5. The number of nitrogens with two attached hydrogens (primary N) is 1. The van der Waals surface area contributed by atoms with E-state index in [1.165, 1.54) is 42.2 Å². The summed E-state index contributed by atoms with van der Waals surface area (Å²) in [5.41, 5.74) is 5.19. The standard InChI is InChI=1S/C24H29N5O9S2/c1-12(30)36-8-6-7-13-9-39-20-16(27-18(31)15(28-35-5)14-10-40-23(25)26-14)19(32)29(20)17(13)21(33)37-11-38-22(34)24(2,3)4/h6-7,10,16,20H,8-9,11H2,1-5H3,(H2,25,26)(H,27,31)/b7-6-,28-15-/t16-,20-/m1/s1. The van der Waals surface area contributed by atoms with E-state index in [2.05, 4.69) is 15.5 Å². The monoisotopic (exact) mass is 595 g/mol. The first-order valence-corrected chi connectivity index (χ1v) is 13.7. The highest BCUT2D eigenvalue weighted by Gasteiger charge is 2.54. The summed E-state index contributed by atoms with van der Waals surface area (Å²) in [4.78, 5) is 72.4. The van der Waals surface area contributed by atoms with E-state index >= 15 is 0 Å². The molecule has 2 aliphatic rings. The van der Waals surface area contributed by atoms with E-state index in [1.807, 2.05) is 0 Å². The molecule has 40 heavy (non-hydrogen) atoms. The molecule has 0 bridgehead atoms. The Balaban J connectivity index is 1.79. The Bertz CT molecular complexity index is 1280. The molecule has 14 nitrogen and oxygen atoms in total. The third kappa shape index (κ3) is 7.18. The van der Waals surface area contributed by atoms with Gasteiger partial charge in [-0.15, -0.1) is 23.1 Å². The Morgan fingerprint density at radius 2 is 1.98 bits per heavy atom. The van der Waals surface area contributed by atoms with Gasteiger partial charge in [-0.2, -0.15) is 0 Å². The van der Waals surface area contributed by atoms with E-state index in [1.54, 1.807) is 26.8 Å². The molecule has 16 heteroatoms. The van der Waals surface area contributed by atoms with Crippen molar-refractivity contribution < 1.29 is 43.0 Å². The Morgan fingerprint density at radius 1 is 1.25 bits per heavy atom. The lowest BCUT2D eigenvalue weighted by molar-refractivity contribution is -0.173. The van der Waals surface area contributed by atoms with Crippen LogP contribution in [0.4, 0.5) is 5.13 Å². The summed E-state index contributed by atoms with van der Waals surface area (Å²) in [5.74, 6) is -3.01. The number of fused-ring (bicyclic) bond motifs is 1. The van der Waals surface area contributed by atoms with Gasteiger partial charge in [0.25, 0.3) is 11.8 Å². The average Bonchev–Trinajstić information content (AvgIpc) is 3.32. The van der Waals surface area contributed by atoms with Crippen LogP contribution in [0.2, 0.25) is 0 Å². The first kappa shape index (κ1) is 30.6. The largest absolute Gasteiger partial charge is 0.462 e. The molecule has 216 valence electrons. The van der Waals surface area contributed by atoms with Crippen molar-refractivity contribution in [1.82, 2.24) is 15.2 Å². The Labute approximate surface area is 237 Å². The summed E-state index contributed by atoms with van der Waals surface area (Å²) >= 11 is 2.40. The van der Waals surface area contributed by atoms with Gasteiger partial charge in [-0.05, 0) is 32.4 Å². The van der Waals surface area contributed by atoms with Crippen LogP contribution in [0, 0.1) is 5.41 Å². The molecule has 0 saturated carbocycles. The maximum atomic E-state index is 13.2. The highest BCUT2D eigenvalue weighted by molar-refractivity contribution is 8.00. The highest BCUT2D eigenvalue weighted by atomic mass is 32.2. The summed E-state index contributed by atoms with van der Waals surface area (Å²) in [6.45, 7) is 5.50. The molecule has 2 atom stereocenters. The first-order valence-electron chi connectivity index (χ1n) is 11.8. The number of hydrogen-bond donors (Lipinski definition) is 2. The molecular weight excluding hydrogens is 566 g/mol. The molecular formula is C24H29N5O9S2. The number of nitrogens with zero attached hydrogens (tertiary/aromatic N) is 3. The number of rotatable bonds is 10. The van der Waals surface area contributed by atoms with Crippen LogP contribution in [-0.2, 0) is 43.0 Å². The van der Waals surface area contributed by atoms with Gasteiger partial charge in [0.1, 0.15) is 36.5 Å². The predicted octanol–water partition coefficient (Wildman–Crippen LogP) is 0.939. The highest BCUT2D eigenvalue weighted by Crippen LogP contribution is 2.41. The lowest BCUT2D eigenvalue weighted by Crippen LogP contribution is -2.71. The van der Waals surface area contributed by atoms with Crippen molar-refractivity contribution in [3.05, 3.63) is 34.5 Å². The van der Waals surface area contributed by atoms with Gasteiger partial charge in [-0.3, -0.25) is 24.1 Å². The molecule has 0 aliphatic carbocycles. The van der Waals surface area contributed by atoms with Crippen LogP contribution < -0.4 is 11.1 Å². The minimum atomic E-state index is -0.997. The SMILES string of the molecule is CO/N=C(\C(=O)N[C@@H]1C(=O)N2C(C(=O)OCOC(=O)C(C)(C)C)=C(/C=C\COC(C)=O)CS[C@H]12)c1csc(N)n1. The number of esters is 3. The van der Waals surface area contributed by atoms with Gasteiger partial charge in [-0.25, -0.2) is 9.78 Å². The molecule has 1 aromatic heterocycles. The maximum absolute atomic E-state index is 13.2. The van der Waals surface area contributed by atoms with E-state index in [0.717, 1.165) is 11.3 Å². The minimum Gasteiger partial charge on any atom is -0.462 e. The second-order valence-corrected chi connectivity index (χ2v) is 11.4. The van der Waals surface area contributed by atoms with Crippen molar-refractivity contribution in [1.29, 1.82) is 0 Å². The second-order valence-electron chi connectivity index (χ2n) is 9.36. The topological polar surface area (TPSA) is 189 Å². The number of allylic oxidation sites excluding steroid dienone is 1. The number of aromatic nitrogens is 1. The van der Waals surface area contributed by atoms with E-state index < -0.39 is 53.3 Å². The van der Waals surface area contributed by atoms with E-state index in [0.29, 0.717) is 5.57 Å². The van der Waals surface area contributed by atoms with Crippen molar-refractivity contribution in [2.24, 2.45) is 10.6 Å². The Hall–Kier alpha value is -3.92. The number of nitrogens with one attached hydrogen (secondary N) is 1. The van der Waals surface area contributed by atoms with E-state index in [-0.39, 0.29) is 34.6 Å². The van der Waals surface area contributed by atoms with Crippen molar-refractivity contribution in [3.8, 4) is 0 Å². The van der Waals surface area contributed by atoms with Crippen LogP contribution in [0.5, 0.6) is 0 Å². The fraction of sp³-hybridized carbons (Fsp3) is 0.458. The smallest absolute Gasteiger partial charge is 0.358 e. The normalized spacial score (nSPS) is 19.1. The van der Waals surface area contributed by atoms with Crippen LogP contribution >= 0.6 is 23.1 Å². The summed E-state index contributed by atoms with van der Waals surface area (Å²) < 4.78 is 15.1. The molecule has 1 fully saturated rings. The third-order valence-electron chi connectivity index (χ3n) is 5.33. The zero-order chi connectivity index (χ0) is 29.6. The minimum absolute atomic E-state index is 0.0478. The molecule has 1 saturated heterocycles. The summed E-state index contributed by atoms with van der Waals surface area (Å²) in [5, 5.41) is 7.42. The lowest BCUT2D eigenvalue weighted by Gasteiger charge is -2.49. The number of thiazole rings is 1. The lowest BCUT2D eigenvalue weighted by atomic mass is 9.98. The molecule has 2 aliphatic heterocycles. The zero-order valence-electron chi connectivity index (χ0n) is 22.4. The quantitative estimate of drug-likeness (QED) is 0.128. The number of anilines is 1. The average molecular weight is 596 g/mol. The van der Waals surface area contributed by atoms with Gasteiger partial charge in [0.05, 0.1) is 5.41 Å². The van der Waals surface area contributed by atoms with E-state index in [9.17, 15) is 24.0 Å². The number of β-lactam (4-membered cyclic amide) rings is 1. The number of carbonyl (C=O) groups excluding carboxylic acids is 5. The number of thioether (sulfide) groups is 1. The molecule has 2 amide bonds. The van der Waals surface area contributed by atoms with Crippen molar-refractivity contribution in [2.45, 2.75) is 39.1 Å². The second kappa shape index (κ2) is 13.0. The summed E-state index contributed by atoms with van der Waals surface area (Å²) in [6, 6.07) is -0.997. The van der Waals surface area contributed by atoms with Gasteiger partial charge in [0.15, 0.2) is 10.8 Å². The number of oxime groups is 1. The fourth-order valence-corrected chi connectivity index (χ4v) is 5.31. The van der Waals surface area contributed by atoms with Crippen molar-refractivity contribution in [2.75, 3.05) is 32.0 Å². The predicted molar refractivity (Wildman–Crippen MR) is 144 cm³/mol. The van der Waals surface area contributed by atoms with Crippen LogP contribution in [-0.4, -0.2) is 83.0 Å². The van der Waals surface area contributed by atoms with E-state index in [4.69, 9.17) is 24.8 Å². The van der Waals surface area contributed by atoms with Crippen molar-refractivity contribution in [3.63, 3.8) is 0 Å². The van der Waals surface area contributed by atoms with Gasteiger partial charge < -0.3 is 30.1 Å². The number of ether oxygens (including phenoxy) is 3. The summed E-state index contributed by atoms with van der Waals surface area (Å²) in [6.07, 6.45) is 3.06. The van der Waals surface area contributed by atoms with Gasteiger partial charge in [0.2, 0.25) is 6.79 Å². The van der Waals surface area contributed by atoms with Gasteiger partial charge >= 0.3 is 17.9 Å². The van der Waals surface area contributed by atoms with Crippen molar-refractivity contribution >= 4 is 63.7 Å². The van der Waals surface area contributed by atoms with Crippen LogP contribution in [0.1, 0.15) is 33.4 Å².